The van der Waals surface area contributed by atoms with Crippen LogP contribution in [0.15, 0.2) is 9.59 Å². The van der Waals surface area contributed by atoms with Gasteiger partial charge in [-0.25, -0.2) is 4.79 Å². The van der Waals surface area contributed by atoms with E-state index >= 15 is 0 Å². The highest BCUT2D eigenvalue weighted by Gasteiger charge is 2.17. The number of aromatic nitrogens is 4. The average molecular weight is 267 g/mol. The lowest BCUT2D eigenvalue weighted by Gasteiger charge is -2.04. The second-order valence-corrected chi connectivity index (χ2v) is 4.11. The van der Waals surface area contributed by atoms with E-state index in [1.54, 1.807) is 14.0 Å². The van der Waals surface area contributed by atoms with Crippen LogP contribution < -0.4 is 11.2 Å². The number of aryl methyl sites for hydroxylation is 1. The van der Waals surface area contributed by atoms with Gasteiger partial charge in [-0.05, 0) is 18.5 Å². The number of nitrogens with zero attached hydrogens (tertiary/aromatic N) is 4. The van der Waals surface area contributed by atoms with Crippen LogP contribution in [-0.4, -0.2) is 18.7 Å². The molecule has 0 aliphatic heterocycles. The average Bonchev–Trinajstić information content (AvgIpc) is 2.68. The fraction of sp³-hybridized carbons (Fsp3) is 0.364. The maximum absolute atomic E-state index is 12.1. The Morgan fingerprint density at radius 1 is 1.28 bits per heavy atom. The Morgan fingerprint density at radius 3 is 2.56 bits per heavy atom. The van der Waals surface area contributed by atoms with Crippen molar-refractivity contribution < 1.29 is 0 Å². The predicted molar refractivity (Wildman–Crippen MR) is 68.7 cm³/mol. The van der Waals surface area contributed by atoms with Crippen LogP contribution in [0.3, 0.4) is 0 Å². The van der Waals surface area contributed by atoms with Crippen molar-refractivity contribution in [1.29, 1.82) is 0 Å². The summed E-state index contributed by atoms with van der Waals surface area (Å²) in [5, 5.41) is 0.144. The molecule has 0 aromatic carbocycles. The molecule has 0 saturated carbocycles. The molecule has 94 valence electrons. The highest BCUT2D eigenvalue weighted by Crippen LogP contribution is 2.14. The molecule has 0 fully saturated rings. The smallest absolute Gasteiger partial charge is 0.297 e. The highest BCUT2D eigenvalue weighted by atomic mass is 35.5. The van der Waals surface area contributed by atoms with Gasteiger partial charge in [-0.3, -0.25) is 18.5 Å². The van der Waals surface area contributed by atoms with Crippen molar-refractivity contribution in [3.05, 3.63) is 26.1 Å². The minimum atomic E-state index is -0.435. The van der Waals surface area contributed by atoms with E-state index < -0.39 is 11.2 Å². The fourth-order valence-electron chi connectivity index (χ4n) is 1.72. The summed E-state index contributed by atoms with van der Waals surface area (Å²) in [7, 11) is 2.96. The lowest BCUT2D eigenvalue weighted by Crippen LogP contribution is -2.37. The van der Waals surface area contributed by atoms with Gasteiger partial charge in [-0.15, -0.1) is 5.92 Å². The Hall–Kier alpha value is -2.00. The van der Waals surface area contributed by atoms with Crippen LogP contribution >= 0.6 is 11.6 Å². The molecule has 2 aromatic heterocycles. The Labute approximate surface area is 107 Å². The van der Waals surface area contributed by atoms with Crippen LogP contribution in [0, 0.1) is 11.8 Å². The van der Waals surface area contributed by atoms with Crippen molar-refractivity contribution in [2.24, 2.45) is 14.1 Å². The van der Waals surface area contributed by atoms with Crippen LogP contribution in [0.1, 0.15) is 6.92 Å². The molecule has 0 saturated heterocycles. The van der Waals surface area contributed by atoms with Crippen molar-refractivity contribution in [2.75, 3.05) is 0 Å². The molecule has 7 heteroatoms. The summed E-state index contributed by atoms with van der Waals surface area (Å²) in [5.74, 6) is 5.54. The molecule has 0 bridgehead atoms. The van der Waals surface area contributed by atoms with E-state index in [9.17, 15) is 9.59 Å². The number of halogens is 1. The number of hydrogen-bond acceptors (Lipinski definition) is 3. The molecule has 0 N–H and O–H groups in total. The number of imidazole rings is 1. The largest absolute Gasteiger partial charge is 0.332 e. The quantitative estimate of drug-likeness (QED) is 0.544. The molecule has 2 aromatic rings. The molecule has 0 spiro atoms. The van der Waals surface area contributed by atoms with Gasteiger partial charge in [0.05, 0.1) is 6.54 Å². The fourth-order valence-corrected chi connectivity index (χ4v) is 1.95. The zero-order chi connectivity index (χ0) is 13.4. The third-order valence-corrected chi connectivity index (χ3v) is 3.00. The van der Waals surface area contributed by atoms with Gasteiger partial charge in [0.15, 0.2) is 11.2 Å². The minimum Gasteiger partial charge on any atom is -0.297 e. The Kier molecular flexibility index (Phi) is 3.01. The second-order valence-electron chi connectivity index (χ2n) is 3.77. The maximum Gasteiger partial charge on any atom is 0.332 e. The van der Waals surface area contributed by atoms with Crippen molar-refractivity contribution in [3.8, 4) is 11.8 Å². The normalized spacial score (nSPS) is 10.4. The molecule has 6 nitrogen and oxygen atoms in total. The van der Waals surface area contributed by atoms with Gasteiger partial charge in [0, 0.05) is 14.1 Å². The van der Waals surface area contributed by atoms with Gasteiger partial charge in [-0.1, -0.05) is 5.92 Å². The van der Waals surface area contributed by atoms with E-state index in [1.807, 2.05) is 0 Å². The Balaban J connectivity index is 2.97. The van der Waals surface area contributed by atoms with Crippen LogP contribution in [0.25, 0.3) is 11.2 Å². The molecule has 0 radical (unpaired) electrons. The Morgan fingerprint density at radius 2 is 1.94 bits per heavy atom. The molecule has 0 aliphatic carbocycles. The summed E-state index contributed by atoms with van der Waals surface area (Å²) in [5.41, 5.74) is -0.306. The first-order valence-corrected chi connectivity index (χ1v) is 5.58. The molecule has 0 atom stereocenters. The van der Waals surface area contributed by atoms with Crippen LogP contribution in [0.5, 0.6) is 0 Å². The second kappa shape index (κ2) is 4.35. The van der Waals surface area contributed by atoms with Gasteiger partial charge in [0.2, 0.25) is 5.28 Å². The lowest BCUT2D eigenvalue weighted by molar-refractivity contribution is 0.704. The Bertz CT molecular complexity index is 801. The highest BCUT2D eigenvalue weighted by molar-refractivity contribution is 6.29. The first kappa shape index (κ1) is 12.5. The summed E-state index contributed by atoms with van der Waals surface area (Å²) in [6, 6.07) is 0. The zero-order valence-electron chi connectivity index (χ0n) is 10.2. The van der Waals surface area contributed by atoms with Crippen molar-refractivity contribution in [3.63, 3.8) is 0 Å². The van der Waals surface area contributed by atoms with Gasteiger partial charge >= 0.3 is 5.69 Å². The molecular formula is C11H11ClN4O2. The van der Waals surface area contributed by atoms with Crippen molar-refractivity contribution >= 4 is 22.8 Å². The van der Waals surface area contributed by atoms with Crippen molar-refractivity contribution in [2.45, 2.75) is 13.5 Å². The van der Waals surface area contributed by atoms with Crippen LogP contribution in [0.2, 0.25) is 5.28 Å². The van der Waals surface area contributed by atoms with E-state index in [-0.39, 0.29) is 23.0 Å². The standard InChI is InChI=1S/C11H11ClN4O2/c1-4-5-6-16-7-8(13-10(16)12)14(2)11(18)15(3)9(7)17/h6H2,1-3H3. The topological polar surface area (TPSA) is 61.8 Å². The van der Waals surface area contributed by atoms with Gasteiger partial charge in [0.25, 0.3) is 5.56 Å². The first-order chi connectivity index (χ1) is 8.49. The lowest BCUT2D eigenvalue weighted by atomic mass is 10.5. The van der Waals surface area contributed by atoms with Gasteiger partial charge < -0.3 is 0 Å². The van der Waals surface area contributed by atoms with Crippen molar-refractivity contribution in [1.82, 2.24) is 18.7 Å². The van der Waals surface area contributed by atoms with Gasteiger partial charge in [0.1, 0.15) is 0 Å². The van der Waals surface area contributed by atoms with E-state index in [0.29, 0.717) is 0 Å². The summed E-state index contributed by atoms with van der Waals surface area (Å²) < 4.78 is 3.81. The molecule has 2 rings (SSSR count). The van der Waals surface area contributed by atoms with Gasteiger partial charge in [-0.2, -0.15) is 4.98 Å². The summed E-state index contributed by atoms with van der Waals surface area (Å²) in [6.45, 7) is 1.96. The third-order valence-electron chi connectivity index (χ3n) is 2.72. The third kappa shape index (κ3) is 1.64. The summed E-state index contributed by atoms with van der Waals surface area (Å²) in [4.78, 5) is 27.9. The van der Waals surface area contributed by atoms with Crippen LogP contribution in [0.4, 0.5) is 0 Å². The zero-order valence-corrected chi connectivity index (χ0v) is 10.9. The molecule has 0 aliphatic rings. The number of fused-ring (bicyclic) bond motifs is 1. The van der Waals surface area contributed by atoms with E-state index in [1.165, 1.54) is 16.2 Å². The van der Waals surface area contributed by atoms with E-state index in [0.717, 1.165) is 4.57 Å². The molecular weight excluding hydrogens is 256 g/mol. The number of hydrogen-bond donors (Lipinski definition) is 0. The summed E-state index contributed by atoms with van der Waals surface area (Å²) >= 11 is 5.97. The molecule has 0 amide bonds. The minimum absolute atomic E-state index is 0.144. The molecule has 0 unspecified atom stereocenters. The van der Waals surface area contributed by atoms with Crippen LogP contribution in [-0.2, 0) is 20.6 Å². The van der Waals surface area contributed by atoms with E-state index in [2.05, 4.69) is 16.8 Å². The first-order valence-electron chi connectivity index (χ1n) is 5.20. The molecule has 18 heavy (non-hydrogen) atoms. The van der Waals surface area contributed by atoms with E-state index in [4.69, 9.17) is 11.6 Å². The monoisotopic (exact) mass is 266 g/mol. The summed E-state index contributed by atoms with van der Waals surface area (Å²) in [6.07, 6.45) is 0. The SMILES string of the molecule is CC#CCn1c(Cl)nc2c1c(=O)n(C)c(=O)n2C. The maximum atomic E-state index is 12.1. The number of rotatable bonds is 1. The predicted octanol–water partition coefficient (Wildman–Crippen LogP) is 0.110. The molecule has 2 heterocycles.